The number of hydrogen-bond donors (Lipinski definition) is 1. The van der Waals surface area contributed by atoms with Gasteiger partial charge in [-0.3, -0.25) is 10.1 Å². The van der Waals surface area contributed by atoms with Crippen molar-refractivity contribution in [2.24, 2.45) is 11.8 Å². The van der Waals surface area contributed by atoms with E-state index in [0.29, 0.717) is 11.8 Å². The Hall–Kier alpha value is -2.36. The Morgan fingerprint density at radius 2 is 1.48 bits per heavy atom. The molecule has 4 nitrogen and oxygen atoms in total. The van der Waals surface area contributed by atoms with E-state index >= 15 is 0 Å². The molecule has 2 atom stereocenters. The Bertz CT molecular complexity index is 635. The maximum Gasteiger partial charge on any atom is 0.269 e. The summed E-state index contributed by atoms with van der Waals surface area (Å²) in [5, 5.41) is 20.1. The van der Waals surface area contributed by atoms with Gasteiger partial charge in [0.2, 0.25) is 0 Å². The molecule has 2 aromatic carbocycles. The van der Waals surface area contributed by atoms with E-state index in [1.54, 1.807) is 24.3 Å². The number of phenols is 1. The Labute approximate surface area is 136 Å². The summed E-state index contributed by atoms with van der Waals surface area (Å²) in [7, 11) is 0. The van der Waals surface area contributed by atoms with Crippen LogP contribution >= 0.6 is 0 Å². The molecule has 0 bridgehead atoms. The van der Waals surface area contributed by atoms with Crippen molar-refractivity contribution < 1.29 is 10.0 Å². The predicted molar refractivity (Wildman–Crippen MR) is 91.6 cm³/mol. The zero-order valence-electron chi connectivity index (χ0n) is 13.6. The topological polar surface area (TPSA) is 63.4 Å². The lowest BCUT2D eigenvalue weighted by atomic mass is 9.82. The first-order valence-corrected chi connectivity index (χ1v) is 8.00. The Balaban J connectivity index is 2.11. The summed E-state index contributed by atoms with van der Waals surface area (Å²) in [5.41, 5.74) is 2.46. The number of aromatic hydroxyl groups is 1. The molecule has 0 aromatic heterocycles. The highest BCUT2D eigenvalue weighted by molar-refractivity contribution is 5.33. The second kappa shape index (κ2) is 7.77. The number of benzene rings is 2. The quantitative estimate of drug-likeness (QED) is 0.592. The molecule has 0 heterocycles. The van der Waals surface area contributed by atoms with Crippen LogP contribution in [0.25, 0.3) is 0 Å². The molecule has 0 aliphatic rings. The van der Waals surface area contributed by atoms with Crippen molar-refractivity contribution in [2.75, 3.05) is 0 Å². The van der Waals surface area contributed by atoms with E-state index in [2.05, 4.69) is 13.8 Å². The van der Waals surface area contributed by atoms with Crippen LogP contribution in [0.3, 0.4) is 0 Å². The van der Waals surface area contributed by atoms with Gasteiger partial charge in [0.1, 0.15) is 5.75 Å². The summed E-state index contributed by atoms with van der Waals surface area (Å²) in [6.07, 6.45) is 2.93. The van der Waals surface area contributed by atoms with Crippen LogP contribution in [0.5, 0.6) is 5.75 Å². The number of rotatable bonds is 7. The second-order valence-corrected chi connectivity index (χ2v) is 6.14. The van der Waals surface area contributed by atoms with Gasteiger partial charge in [0, 0.05) is 12.1 Å². The average Bonchev–Trinajstić information content (AvgIpc) is 2.56. The van der Waals surface area contributed by atoms with Gasteiger partial charge in [0.05, 0.1) is 4.92 Å². The third kappa shape index (κ3) is 4.81. The first-order valence-electron chi connectivity index (χ1n) is 8.00. The van der Waals surface area contributed by atoms with E-state index in [9.17, 15) is 15.2 Å². The van der Waals surface area contributed by atoms with Crippen LogP contribution in [-0.4, -0.2) is 10.0 Å². The molecule has 2 unspecified atom stereocenters. The van der Waals surface area contributed by atoms with Crippen molar-refractivity contribution in [3.05, 3.63) is 69.8 Å². The number of nitrogens with zero attached hydrogens (tertiary/aromatic N) is 1. The summed E-state index contributed by atoms with van der Waals surface area (Å²) in [6.45, 7) is 4.43. The number of nitro groups is 1. The van der Waals surface area contributed by atoms with Crippen LogP contribution in [0.1, 0.15) is 31.4 Å². The highest BCUT2D eigenvalue weighted by Gasteiger charge is 2.18. The van der Waals surface area contributed by atoms with Gasteiger partial charge >= 0.3 is 0 Å². The minimum Gasteiger partial charge on any atom is -0.508 e. The van der Waals surface area contributed by atoms with Crippen LogP contribution in [0.15, 0.2) is 48.5 Å². The normalized spacial score (nSPS) is 13.5. The van der Waals surface area contributed by atoms with Crippen molar-refractivity contribution >= 4 is 5.69 Å². The van der Waals surface area contributed by atoms with Gasteiger partial charge in [-0.05, 0) is 47.9 Å². The molecule has 122 valence electrons. The maximum absolute atomic E-state index is 10.7. The van der Waals surface area contributed by atoms with E-state index in [4.69, 9.17) is 0 Å². The summed E-state index contributed by atoms with van der Waals surface area (Å²) in [6, 6.07) is 14.2. The lowest BCUT2D eigenvalue weighted by molar-refractivity contribution is -0.384. The lowest BCUT2D eigenvalue weighted by Crippen LogP contribution is -2.17. The van der Waals surface area contributed by atoms with Gasteiger partial charge in [0.15, 0.2) is 0 Å². The van der Waals surface area contributed by atoms with E-state index in [1.807, 2.05) is 24.3 Å². The van der Waals surface area contributed by atoms with Crippen molar-refractivity contribution in [3.63, 3.8) is 0 Å². The first-order chi connectivity index (χ1) is 11.0. The third-order valence-corrected chi connectivity index (χ3v) is 4.53. The Morgan fingerprint density at radius 1 is 1.00 bits per heavy atom. The third-order valence-electron chi connectivity index (χ3n) is 4.53. The summed E-state index contributed by atoms with van der Waals surface area (Å²) in [5.74, 6) is 1.30. The predicted octanol–water partition coefficient (Wildman–Crippen LogP) is 4.75. The smallest absolute Gasteiger partial charge is 0.269 e. The standard InChI is InChI=1S/C19H23NO3/c1-3-14(2)17(13-16-6-10-19(21)11-7-16)12-15-4-8-18(9-5-15)20(22)23/h4-11,14,17,21H,3,12-13H2,1-2H3. The van der Waals surface area contributed by atoms with Gasteiger partial charge in [-0.2, -0.15) is 0 Å². The molecule has 0 fully saturated rings. The molecule has 23 heavy (non-hydrogen) atoms. The van der Waals surface area contributed by atoms with E-state index in [-0.39, 0.29) is 16.4 Å². The Kier molecular flexibility index (Phi) is 5.74. The largest absolute Gasteiger partial charge is 0.508 e. The fourth-order valence-electron chi connectivity index (χ4n) is 2.80. The van der Waals surface area contributed by atoms with E-state index in [1.165, 1.54) is 5.56 Å². The molecule has 0 saturated carbocycles. The molecule has 2 rings (SSSR count). The highest BCUT2D eigenvalue weighted by Crippen LogP contribution is 2.26. The molecule has 0 saturated heterocycles. The number of nitro benzene ring substituents is 1. The monoisotopic (exact) mass is 313 g/mol. The van der Waals surface area contributed by atoms with Crippen molar-refractivity contribution in [2.45, 2.75) is 33.1 Å². The molecule has 0 radical (unpaired) electrons. The molecular weight excluding hydrogens is 290 g/mol. The molecule has 0 amide bonds. The van der Waals surface area contributed by atoms with E-state index < -0.39 is 0 Å². The van der Waals surface area contributed by atoms with E-state index in [0.717, 1.165) is 24.8 Å². The molecule has 1 N–H and O–H groups in total. The molecule has 0 aliphatic heterocycles. The number of non-ortho nitro benzene ring substituents is 1. The first kappa shape index (κ1) is 17.0. The zero-order chi connectivity index (χ0) is 16.8. The van der Waals surface area contributed by atoms with Crippen LogP contribution in [0.2, 0.25) is 0 Å². The van der Waals surface area contributed by atoms with Gasteiger partial charge < -0.3 is 5.11 Å². The summed E-state index contributed by atoms with van der Waals surface area (Å²) >= 11 is 0. The Morgan fingerprint density at radius 3 is 1.91 bits per heavy atom. The number of phenolic OH excluding ortho intramolecular Hbond substituents is 1. The highest BCUT2D eigenvalue weighted by atomic mass is 16.6. The van der Waals surface area contributed by atoms with Crippen LogP contribution in [0.4, 0.5) is 5.69 Å². The minimum atomic E-state index is -0.369. The lowest BCUT2D eigenvalue weighted by Gasteiger charge is -2.23. The van der Waals surface area contributed by atoms with Crippen LogP contribution in [0, 0.1) is 22.0 Å². The zero-order valence-corrected chi connectivity index (χ0v) is 13.6. The van der Waals surface area contributed by atoms with Gasteiger partial charge in [-0.15, -0.1) is 0 Å². The minimum absolute atomic E-state index is 0.132. The fraction of sp³-hybridized carbons (Fsp3) is 0.368. The molecule has 2 aromatic rings. The second-order valence-electron chi connectivity index (χ2n) is 6.14. The van der Waals surface area contributed by atoms with Crippen LogP contribution < -0.4 is 0 Å². The van der Waals surface area contributed by atoms with Crippen molar-refractivity contribution in [1.82, 2.24) is 0 Å². The molecule has 0 aliphatic carbocycles. The molecule has 0 spiro atoms. The van der Waals surface area contributed by atoms with Crippen LogP contribution in [-0.2, 0) is 12.8 Å². The van der Waals surface area contributed by atoms with Crippen molar-refractivity contribution in [3.8, 4) is 5.75 Å². The number of hydrogen-bond acceptors (Lipinski definition) is 3. The molecule has 4 heteroatoms. The fourth-order valence-corrected chi connectivity index (χ4v) is 2.80. The maximum atomic E-state index is 10.7. The summed E-state index contributed by atoms with van der Waals surface area (Å²) in [4.78, 5) is 10.4. The van der Waals surface area contributed by atoms with Gasteiger partial charge in [-0.1, -0.05) is 44.5 Å². The van der Waals surface area contributed by atoms with Gasteiger partial charge in [0.25, 0.3) is 5.69 Å². The average molecular weight is 313 g/mol. The SMILES string of the molecule is CCC(C)C(Cc1ccc(O)cc1)Cc1ccc([N+](=O)[O-])cc1. The van der Waals surface area contributed by atoms with Crippen molar-refractivity contribution in [1.29, 1.82) is 0 Å². The van der Waals surface area contributed by atoms with Gasteiger partial charge in [-0.25, -0.2) is 0 Å². The summed E-state index contributed by atoms with van der Waals surface area (Å²) < 4.78 is 0. The molecular formula is C19H23NO3.